The van der Waals surface area contributed by atoms with E-state index < -0.39 is 0 Å². The molecule has 0 spiro atoms. The molecule has 0 bridgehead atoms. The number of hydrogen-bond donors (Lipinski definition) is 0. The van der Waals surface area contributed by atoms with Crippen molar-refractivity contribution in [2.75, 3.05) is 4.90 Å². The van der Waals surface area contributed by atoms with Crippen molar-refractivity contribution in [2.45, 2.75) is 102 Å². The zero-order valence-electron chi connectivity index (χ0n) is 29.8. The molecule has 9 unspecified atom stereocenters. The first-order valence-corrected chi connectivity index (χ1v) is 20.3. The van der Waals surface area contributed by atoms with Gasteiger partial charge in [-0.2, -0.15) is 0 Å². The topological polar surface area (TPSA) is 6.48 Å². The van der Waals surface area contributed by atoms with Gasteiger partial charge in [0, 0.05) is 40.9 Å². The summed E-state index contributed by atoms with van der Waals surface area (Å²) in [5, 5.41) is 0. The van der Waals surface area contributed by atoms with E-state index >= 15 is 0 Å². The average molecular weight is 659 g/mol. The van der Waals surface area contributed by atoms with E-state index in [1.54, 1.807) is 33.7 Å². The van der Waals surface area contributed by atoms with Gasteiger partial charge in [-0.3, -0.25) is 0 Å². The van der Waals surface area contributed by atoms with E-state index in [4.69, 9.17) is 0 Å². The quantitative estimate of drug-likeness (QED) is 0.291. The van der Waals surface area contributed by atoms with E-state index in [2.05, 4.69) is 125 Å². The Morgan fingerprint density at radius 2 is 1.58 bits per heavy atom. The second-order valence-electron chi connectivity index (χ2n) is 16.6. The first-order chi connectivity index (χ1) is 24.8. The minimum atomic E-state index is 0.447. The monoisotopic (exact) mass is 658 g/mol. The van der Waals surface area contributed by atoms with E-state index in [1.807, 2.05) is 0 Å². The van der Waals surface area contributed by atoms with E-state index in [1.165, 1.54) is 82.7 Å². The second-order valence-corrected chi connectivity index (χ2v) is 16.6. The second kappa shape index (κ2) is 13.1. The van der Waals surface area contributed by atoms with Crippen molar-refractivity contribution in [2.24, 2.45) is 35.5 Å². The molecule has 1 saturated heterocycles. The van der Waals surface area contributed by atoms with Gasteiger partial charge >= 0.3 is 0 Å². The van der Waals surface area contributed by atoms with Gasteiger partial charge in [-0.1, -0.05) is 102 Å². The number of para-hydroxylation sites is 1. The third-order valence-electron chi connectivity index (χ3n) is 14.2. The van der Waals surface area contributed by atoms with E-state index in [0.29, 0.717) is 47.7 Å². The van der Waals surface area contributed by atoms with Crippen molar-refractivity contribution in [1.82, 2.24) is 4.90 Å². The fraction of sp³-hybridized carbons (Fsp3) is 0.458. The molecule has 50 heavy (non-hydrogen) atoms. The lowest BCUT2D eigenvalue weighted by Gasteiger charge is -2.41. The Kier molecular flexibility index (Phi) is 8.11. The zero-order valence-corrected chi connectivity index (χ0v) is 29.8. The lowest BCUT2D eigenvalue weighted by Crippen LogP contribution is -2.43. The molecule has 2 heteroatoms. The SMILES string of the molecule is C1=CC2=C(CC1)C1C(C3=CC=C4C(C3)C3C=CCCC3N4c3ccccc3)CC=CC1N2C1C=CC(C2CC=C(C3CC=CCC3)CC2)=CC1. The summed E-state index contributed by atoms with van der Waals surface area (Å²) < 4.78 is 0. The number of nitrogens with zero attached hydrogens (tertiary/aromatic N) is 2. The van der Waals surface area contributed by atoms with Crippen molar-refractivity contribution < 1.29 is 0 Å². The first-order valence-electron chi connectivity index (χ1n) is 20.3. The van der Waals surface area contributed by atoms with Crippen LogP contribution in [0.5, 0.6) is 0 Å². The maximum atomic E-state index is 2.86. The fourth-order valence-electron chi connectivity index (χ4n) is 11.9. The maximum absolute atomic E-state index is 2.86. The molecule has 9 aliphatic rings. The number of fused-ring (bicyclic) bond motifs is 5. The van der Waals surface area contributed by atoms with Crippen LogP contribution in [0.1, 0.15) is 83.5 Å². The number of allylic oxidation sites excluding steroid dienone is 14. The van der Waals surface area contributed by atoms with Gasteiger partial charge in [0.15, 0.2) is 0 Å². The molecule has 2 heterocycles. The smallest absolute Gasteiger partial charge is 0.0551 e. The highest BCUT2D eigenvalue weighted by atomic mass is 15.2. The van der Waals surface area contributed by atoms with Crippen LogP contribution in [0.4, 0.5) is 5.69 Å². The van der Waals surface area contributed by atoms with E-state index in [0.717, 1.165) is 12.3 Å². The molecule has 7 aliphatic carbocycles. The number of hydrogen-bond acceptors (Lipinski definition) is 2. The summed E-state index contributed by atoms with van der Waals surface area (Å²) >= 11 is 0. The summed E-state index contributed by atoms with van der Waals surface area (Å²) in [6.45, 7) is 0. The predicted octanol–water partition coefficient (Wildman–Crippen LogP) is 11.5. The van der Waals surface area contributed by atoms with Gasteiger partial charge in [0.25, 0.3) is 0 Å². The predicted molar refractivity (Wildman–Crippen MR) is 208 cm³/mol. The van der Waals surface area contributed by atoms with Crippen molar-refractivity contribution in [3.63, 3.8) is 0 Å². The molecule has 1 aromatic carbocycles. The molecule has 1 fully saturated rings. The zero-order chi connectivity index (χ0) is 33.0. The summed E-state index contributed by atoms with van der Waals surface area (Å²) in [6.07, 6.45) is 51.6. The van der Waals surface area contributed by atoms with Crippen LogP contribution >= 0.6 is 0 Å². The molecule has 0 radical (unpaired) electrons. The van der Waals surface area contributed by atoms with Crippen LogP contribution in [0.2, 0.25) is 0 Å². The molecule has 256 valence electrons. The minimum Gasteiger partial charge on any atom is -0.358 e. The van der Waals surface area contributed by atoms with Gasteiger partial charge < -0.3 is 9.80 Å². The Hall–Kier alpha value is -3.78. The largest absolute Gasteiger partial charge is 0.358 e. The summed E-state index contributed by atoms with van der Waals surface area (Å²) in [7, 11) is 0. The van der Waals surface area contributed by atoms with Crippen LogP contribution in [0.25, 0.3) is 0 Å². The Bertz CT molecular complexity index is 1800. The summed E-state index contributed by atoms with van der Waals surface area (Å²) in [5.74, 6) is 3.92. The molecule has 9 atom stereocenters. The van der Waals surface area contributed by atoms with Gasteiger partial charge in [0.2, 0.25) is 0 Å². The normalized spacial score (nSPS) is 37.1. The fourth-order valence-corrected chi connectivity index (χ4v) is 11.9. The Morgan fingerprint density at radius 1 is 0.640 bits per heavy atom. The van der Waals surface area contributed by atoms with Crippen LogP contribution in [-0.4, -0.2) is 23.0 Å². The lowest BCUT2D eigenvalue weighted by molar-refractivity contribution is 0.207. The standard InChI is InChI=1S/C48H54N2/c1-3-12-33(13-4-1)34-22-24-35(25-23-34)36-26-29-39(30-27-36)50-45-20-10-8-17-42(45)48-40(18-11-21-47(48)50)37-28-31-46-43(32-37)41-16-7-9-19-44(41)49(46)38-14-5-2-6-15-38/h1-3,5-7,10-11,14-16,20-22,26-29,31,33,35,39-41,43-44,47-48H,4,8-9,12-13,17-19,23-25,30,32H2. The van der Waals surface area contributed by atoms with Gasteiger partial charge in [0.1, 0.15) is 0 Å². The number of benzene rings is 1. The summed E-state index contributed by atoms with van der Waals surface area (Å²) in [4.78, 5) is 5.57. The van der Waals surface area contributed by atoms with E-state index in [-0.39, 0.29) is 0 Å². The molecule has 0 amide bonds. The Labute approximate surface area is 300 Å². The first kappa shape index (κ1) is 31.0. The van der Waals surface area contributed by atoms with Crippen LogP contribution in [0.3, 0.4) is 0 Å². The number of anilines is 1. The Balaban J connectivity index is 0.892. The van der Waals surface area contributed by atoms with Crippen LogP contribution in [0, 0.1) is 35.5 Å². The molecule has 2 aliphatic heterocycles. The highest BCUT2D eigenvalue weighted by Gasteiger charge is 2.50. The molecular formula is C48H54N2. The summed E-state index contributed by atoms with van der Waals surface area (Å²) in [5.41, 5.74) is 11.3. The van der Waals surface area contributed by atoms with Gasteiger partial charge in [-0.25, -0.2) is 0 Å². The molecule has 10 rings (SSSR count). The molecular weight excluding hydrogens is 605 g/mol. The molecule has 1 aromatic rings. The molecule has 0 N–H and O–H groups in total. The Morgan fingerprint density at radius 3 is 2.42 bits per heavy atom. The third kappa shape index (κ3) is 5.27. The molecule has 2 nitrogen and oxygen atoms in total. The van der Waals surface area contributed by atoms with Crippen LogP contribution < -0.4 is 4.90 Å². The maximum Gasteiger partial charge on any atom is 0.0551 e. The highest BCUT2D eigenvalue weighted by Crippen LogP contribution is 2.55. The van der Waals surface area contributed by atoms with Crippen LogP contribution in [-0.2, 0) is 0 Å². The highest BCUT2D eigenvalue weighted by molar-refractivity contribution is 5.59. The minimum absolute atomic E-state index is 0.447. The number of rotatable bonds is 5. The average Bonchev–Trinajstić information content (AvgIpc) is 3.71. The van der Waals surface area contributed by atoms with E-state index in [9.17, 15) is 0 Å². The van der Waals surface area contributed by atoms with Gasteiger partial charge in [-0.15, -0.1) is 0 Å². The third-order valence-corrected chi connectivity index (χ3v) is 14.2. The molecule has 0 aromatic heterocycles. The summed E-state index contributed by atoms with van der Waals surface area (Å²) in [6, 6.07) is 12.7. The lowest BCUT2D eigenvalue weighted by atomic mass is 9.68. The van der Waals surface area contributed by atoms with Crippen molar-refractivity contribution in [3.8, 4) is 0 Å². The van der Waals surface area contributed by atoms with Crippen molar-refractivity contribution >= 4 is 5.69 Å². The van der Waals surface area contributed by atoms with Crippen molar-refractivity contribution in [1.29, 1.82) is 0 Å². The van der Waals surface area contributed by atoms with Crippen molar-refractivity contribution in [3.05, 3.63) is 149 Å². The molecule has 0 saturated carbocycles. The van der Waals surface area contributed by atoms with Crippen LogP contribution in [0.15, 0.2) is 149 Å². The van der Waals surface area contributed by atoms with Gasteiger partial charge in [-0.05, 0) is 137 Å². The van der Waals surface area contributed by atoms with Gasteiger partial charge in [0.05, 0.1) is 12.1 Å².